The van der Waals surface area contributed by atoms with Crippen LogP contribution in [0.25, 0.3) is 10.9 Å². The van der Waals surface area contributed by atoms with E-state index in [4.69, 9.17) is 9.47 Å². The number of benzene rings is 2. The molecule has 3 aromatic rings. The first-order valence-corrected chi connectivity index (χ1v) is 9.06. The molecule has 0 fully saturated rings. The number of aromatic nitrogens is 1. The number of carbonyl (C=O) groups excluding carboxylic acids is 1. The third-order valence-corrected chi connectivity index (χ3v) is 4.59. The predicted molar refractivity (Wildman–Crippen MR) is 103 cm³/mol. The summed E-state index contributed by atoms with van der Waals surface area (Å²) >= 11 is 0. The number of H-pyrrole nitrogens is 1. The first-order valence-electron chi connectivity index (χ1n) is 9.06. The maximum absolute atomic E-state index is 13.2. The van der Waals surface area contributed by atoms with Gasteiger partial charge in [0.2, 0.25) is 0 Å². The average Bonchev–Trinajstić information content (AvgIpc) is 3.09. The van der Waals surface area contributed by atoms with Crippen LogP contribution in [-0.4, -0.2) is 38.7 Å². The van der Waals surface area contributed by atoms with Gasteiger partial charge in [0.1, 0.15) is 11.5 Å². The van der Waals surface area contributed by atoms with Crippen molar-refractivity contribution in [1.29, 1.82) is 0 Å². The number of halogens is 4. The van der Waals surface area contributed by atoms with Crippen LogP contribution in [0.3, 0.4) is 0 Å². The number of methoxy groups -OCH3 is 1. The van der Waals surface area contributed by atoms with Crippen molar-refractivity contribution in [3.05, 3.63) is 59.3 Å². The van der Waals surface area contributed by atoms with Gasteiger partial charge in [-0.25, -0.2) is 4.79 Å². The van der Waals surface area contributed by atoms with E-state index >= 15 is 0 Å². The van der Waals surface area contributed by atoms with Crippen LogP contribution in [0, 0.1) is 0 Å². The van der Waals surface area contributed by atoms with Gasteiger partial charge in [-0.1, -0.05) is 6.07 Å². The van der Waals surface area contributed by atoms with Crippen LogP contribution < -0.4 is 38.4 Å². The van der Waals surface area contributed by atoms with Gasteiger partial charge in [-0.2, -0.15) is 13.2 Å². The fraction of sp³-hybridized carbons (Fsp3) is 0.286. The minimum atomic E-state index is -4.65. The molecule has 0 amide bonds. The molecule has 0 unspecified atom stereocenters. The monoisotopic (exact) mass is 534 g/mol. The standard InChI is InChI=1S/C21H21F3N2O3.HI/c1-26(2)10-9-14-12-25-16-5-4-6-18(19(14)16)29-20(27)13-7-8-17(28-3)15(11-13)21(22,23)24;/h4-8,11-12,25H,9-10H2,1-3H3;1H. The van der Waals surface area contributed by atoms with Crippen molar-refractivity contribution in [3.63, 3.8) is 0 Å². The summed E-state index contributed by atoms with van der Waals surface area (Å²) in [6.45, 7) is 0.878. The molecule has 0 radical (unpaired) electrons. The van der Waals surface area contributed by atoms with Crippen molar-refractivity contribution >= 4 is 16.9 Å². The minimum absolute atomic E-state index is 0. The lowest BCUT2D eigenvalue weighted by atomic mass is 10.1. The Morgan fingerprint density at radius 3 is 2.50 bits per heavy atom. The van der Waals surface area contributed by atoms with E-state index in [1.807, 2.05) is 26.4 Å². The number of carbonyl (C=O) groups is 1. The van der Waals surface area contributed by atoms with Gasteiger partial charge >= 0.3 is 12.1 Å². The first kappa shape index (κ1) is 24.0. The molecule has 162 valence electrons. The molecule has 1 heterocycles. The number of hydrogen-bond acceptors (Lipinski definition) is 3. The van der Waals surface area contributed by atoms with E-state index < -0.39 is 17.7 Å². The van der Waals surface area contributed by atoms with Crippen LogP contribution in [0.2, 0.25) is 0 Å². The maximum atomic E-state index is 13.2. The molecule has 0 saturated heterocycles. The Hall–Kier alpha value is -2.27. The zero-order valence-electron chi connectivity index (χ0n) is 16.7. The zero-order valence-corrected chi connectivity index (χ0v) is 18.8. The SMILES string of the molecule is COc1ccc(C(=O)Oc2cccc3[nH]cc(CC[NH+](C)C)c23)cc1C(F)(F)F.[I-]. The number of hydrogen-bond donors (Lipinski definition) is 2. The zero-order chi connectivity index (χ0) is 21.2. The number of fused-ring (bicyclic) bond motifs is 1. The predicted octanol–water partition coefficient (Wildman–Crippen LogP) is 0.106. The van der Waals surface area contributed by atoms with E-state index in [1.54, 1.807) is 12.1 Å². The van der Waals surface area contributed by atoms with Crippen molar-refractivity contribution in [2.45, 2.75) is 12.6 Å². The summed E-state index contributed by atoms with van der Waals surface area (Å²) in [6.07, 6.45) is -2.03. The summed E-state index contributed by atoms with van der Waals surface area (Å²) in [5.41, 5.74) is 0.550. The lowest BCUT2D eigenvalue weighted by Gasteiger charge is -2.13. The molecular formula is C21H22F3IN2O3. The highest BCUT2D eigenvalue weighted by Crippen LogP contribution is 2.37. The summed E-state index contributed by atoms with van der Waals surface area (Å²) in [6, 6.07) is 8.32. The molecule has 0 bridgehead atoms. The number of alkyl halides is 3. The molecule has 0 atom stereocenters. The Morgan fingerprint density at radius 2 is 1.87 bits per heavy atom. The highest BCUT2D eigenvalue weighted by atomic mass is 127. The lowest BCUT2D eigenvalue weighted by Crippen LogP contribution is -3.05. The summed E-state index contributed by atoms with van der Waals surface area (Å²) in [7, 11) is 5.22. The van der Waals surface area contributed by atoms with Crippen molar-refractivity contribution in [1.82, 2.24) is 4.98 Å². The van der Waals surface area contributed by atoms with Crippen molar-refractivity contribution in [3.8, 4) is 11.5 Å². The van der Waals surface area contributed by atoms with E-state index in [0.717, 1.165) is 48.7 Å². The second kappa shape index (κ2) is 9.69. The molecule has 0 aliphatic carbocycles. The number of quaternary nitrogens is 1. The van der Waals surface area contributed by atoms with Gasteiger partial charge in [-0.3, -0.25) is 0 Å². The Kier molecular flexibility index (Phi) is 7.75. The topological polar surface area (TPSA) is 55.8 Å². The van der Waals surface area contributed by atoms with Crippen LogP contribution >= 0.6 is 0 Å². The Morgan fingerprint density at radius 1 is 1.13 bits per heavy atom. The van der Waals surface area contributed by atoms with E-state index in [0.29, 0.717) is 5.75 Å². The molecule has 2 N–H and O–H groups in total. The quantitative estimate of drug-likeness (QED) is 0.268. The fourth-order valence-corrected chi connectivity index (χ4v) is 3.10. The summed E-state index contributed by atoms with van der Waals surface area (Å²) in [4.78, 5) is 17.0. The third-order valence-electron chi connectivity index (χ3n) is 4.59. The fourth-order valence-electron chi connectivity index (χ4n) is 3.10. The Labute approximate surface area is 189 Å². The molecule has 0 saturated carbocycles. The number of rotatable bonds is 6. The second-order valence-electron chi connectivity index (χ2n) is 7.00. The summed E-state index contributed by atoms with van der Waals surface area (Å²) in [5.74, 6) is -0.909. The molecule has 3 rings (SSSR count). The largest absolute Gasteiger partial charge is 1.00 e. The molecular weight excluding hydrogens is 512 g/mol. The number of aromatic amines is 1. The van der Waals surface area contributed by atoms with E-state index in [1.165, 1.54) is 11.0 Å². The van der Waals surface area contributed by atoms with Crippen molar-refractivity contribution < 1.29 is 56.3 Å². The normalized spacial score (nSPS) is 11.4. The minimum Gasteiger partial charge on any atom is -1.00 e. The van der Waals surface area contributed by atoms with Gasteiger partial charge in [-0.15, -0.1) is 0 Å². The molecule has 5 nitrogen and oxygen atoms in total. The van der Waals surface area contributed by atoms with Crippen LogP contribution in [0.5, 0.6) is 11.5 Å². The van der Waals surface area contributed by atoms with E-state index in [-0.39, 0.29) is 35.3 Å². The Bertz CT molecular complexity index is 1030. The average molecular weight is 534 g/mol. The van der Waals surface area contributed by atoms with Gasteiger partial charge in [-0.05, 0) is 35.9 Å². The maximum Gasteiger partial charge on any atom is 0.419 e. The summed E-state index contributed by atoms with van der Waals surface area (Å²) in [5, 5.41) is 0.756. The van der Waals surface area contributed by atoms with E-state index in [2.05, 4.69) is 4.98 Å². The molecule has 1 aromatic heterocycles. The highest BCUT2D eigenvalue weighted by Gasteiger charge is 2.35. The highest BCUT2D eigenvalue weighted by molar-refractivity contribution is 5.96. The summed E-state index contributed by atoms with van der Waals surface area (Å²) < 4.78 is 50.0. The van der Waals surface area contributed by atoms with E-state index in [9.17, 15) is 18.0 Å². The number of esters is 1. The molecule has 2 aromatic carbocycles. The smallest absolute Gasteiger partial charge is 0.419 e. The van der Waals surface area contributed by atoms with Crippen LogP contribution in [0.1, 0.15) is 21.5 Å². The van der Waals surface area contributed by atoms with Crippen molar-refractivity contribution in [2.75, 3.05) is 27.7 Å². The number of nitrogens with one attached hydrogen (secondary N) is 2. The lowest BCUT2D eigenvalue weighted by molar-refractivity contribution is -0.858. The number of ether oxygens (including phenoxy) is 2. The van der Waals surface area contributed by atoms with Gasteiger partial charge in [0, 0.05) is 23.5 Å². The van der Waals surface area contributed by atoms with Crippen LogP contribution in [0.4, 0.5) is 13.2 Å². The van der Waals surface area contributed by atoms with Gasteiger partial charge in [0.15, 0.2) is 0 Å². The van der Waals surface area contributed by atoms with Gasteiger partial charge < -0.3 is 43.3 Å². The Balaban J connectivity index is 0.00000320. The van der Waals surface area contributed by atoms with Gasteiger partial charge in [0.05, 0.1) is 38.9 Å². The molecule has 0 aliphatic heterocycles. The van der Waals surface area contributed by atoms with Crippen LogP contribution in [0.15, 0.2) is 42.6 Å². The molecule has 0 spiro atoms. The van der Waals surface area contributed by atoms with Crippen molar-refractivity contribution in [2.24, 2.45) is 0 Å². The second-order valence-corrected chi connectivity index (χ2v) is 7.00. The van der Waals surface area contributed by atoms with Gasteiger partial charge in [0.25, 0.3) is 0 Å². The number of likely N-dealkylation sites (N-methyl/N-ethyl adjacent to an activating group) is 1. The molecule has 9 heteroatoms. The molecule has 30 heavy (non-hydrogen) atoms. The third kappa shape index (κ3) is 5.25. The van der Waals surface area contributed by atoms with Crippen LogP contribution in [-0.2, 0) is 12.6 Å². The first-order chi connectivity index (χ1) is 13.7. The molecule has 0 aliphatic rings.